The van der Waals surface area contributed by atoms with Crippen LogP contribution in [0.5, 0.6) is 5.75 Å². The first kappa shape index (κ1) is 21.0. The van der Waals surface area contributed by atoms with Crippen LogP contribution in [0.25, 0.3) is 5.57 Å². The Morgan fingerprint density at radius 1 is 1.13 bits per heavy atom. The molecule has 1 N–H and O–H groups in total. The van der Waals surface area contributed by atoms with Crippen molar-refractivity contribution in [1.29, 1.82) is 0 Å². The van der Waals surface area contributed by atoms with Gasteiger partial charge in [0.1, 0.15) is 5.75 Å². The zero-order chi connectivity index (χ0) is 22.2. The zero-order valence-corrected chi connectivity index (χ0v) is 16.9. The fraction of sp³-hybridized carbons (Fsp3) is 0.304. The molecular formula is C23H21F3N2O3. The van der Waals surface area contributed by atoms with Crippen LogP contribution < -0.4 is 15.0 Å². The maximum absolute atomic E-state index is 13.0. The van der Waals surface area contributed by atoms with Crippen molar-refractivity contribution in [2.75, 3.05) is 23.9 Å². The van der Waals surface area contributed by atoms with Crippen molar-refractivity contribution in [2.45, 2.75) is 31.9 Å². The van der Waals surface area contributed by atoms with Gasteiger partial charge in [-0.05, 0) is 54.7 Å². The van der Waals surface area contributed by atoms with E-state index in [1.165, 1.54) is 12.1 Å². The highest BCUT2D eigenvalue weighted by atomic mass is 19.4. The van der Waals surface area contributed by atoms with E-state index in [4.69, 9.17) is 4.74 Å². The van der Waals surface area contributed by atoms with Crippen LogP contribution >= 0.6 is 0 Å². The topological polar surface area (TPSA) is 58.6 Å². The number of halogens is 3. The van der Waals surface area contributed by atoms with Gasteiger partial charge in [-0.1, -0.05) is 12.1 Å². The van der Waals surface area contributed by atoms with Gasteiger partial charge in [0.05, 0.1) is 12.2 Å². The average Bonchev–Trinajstić information content (AvgIpc) is 2.92. The Kier molecular flexibility index (Phi) is 5.47. The lowest BCUT2D eigenvalue weighted by Gasteiger charge is -2.26. The van der Waals surface area contributed by atoms with E-state index in [0.717, 1.165) is 23.4 Å². The van der Waals surface area contributed by atoms with Gasteiger partial charge >= 0.3 is 6.18 Å². The van der Waals surface area contributed by atoms with Crippen molar-refractivity contribution < 1.29 is 27.5 Å². The molecule has 5 nitrogen and oxygen atoms in total. The van der Waals surface area contributed by atoms with E-state index in [9.17, 15) is 22.8 Å². The van der Waals surface area contributed by atoms with Crippen LogP contribution in [0.4, 0.5) is 24.5 Å². The van der Waals surface area contributed by atoms with Crippen molar-refractivity contribution >= 4 is 28.8 Å². The first-order chi connectivity index (χ1) is 14.7. The molecule has 0 atom stereocenters. The lowest BCUT2D eigenvalue weighted by Crippen LogP contribution is -2.31. The van der Waals surface area contributed by atoms with Gasteiger partial charge < -0.3 is 15.0 Å². The molecule has 0 saturated heterocycles. The lowest BCUT2D eigenvalue weighted by atomic mass is 9.99. The third-order valence-corrected chi connectivity index (χ3v) is 5.50. The van der Waals surface area contributed by atoms with Gasteiger partial charge in [0.15, 0.2) is 0 Å². The van der Waals surface area contributed by atoms with Gasteiger partial charge in [-0.2, -0.15) is 13.2 Å². The summed E-state index contributed by atoms with van der Waals surface area (Å²) in [5.41, 5.74) is 2.65. The highest BCUT2D eigenvalue weighted by Crippen LogP contribution is 2.38. The predicted octanol–water partition coefficient (Wildman–Crippen LogP) is 4.81. The zero-order valence-electron chi connectivity index (χ0n) is 16.9. The molecule has 0 radical (unpaired) electrons. The van der Waals surface area contributed by atoms with E-state index < -0.39 is 17.6 Å². The average molecular weight is 430 g/mol. The minimum Gasteiger partial charge on any atom is -0.493 e. The Labute approximate surface area is 177 Å². The number of hydrogen-bond donors (Lipinski definition) is 1. The highest BCUT2D eigenvalue weighted by Gasteiger charge is 2.32. The number of nitrogens with zero attached hydrogens (tertiary/aromatic N) is 1. The maximum atomic E-state index is 13.0. The van der Waals surface area contributed by atoms with Gasteiger partial charge in [0, 0.05) is 36.5 Å². The van der Waals surface area contributed by atoms with Crippen LogP contribution in [0.3, 0.4) is 0 Å². The second-order valence-electron chi connectivity index (χ2n) is 7.62. The van der Waals surface area contributed by atoms with Gasteiger partial charge in [0.2, 0.25) is 11.8 Å². The summed E-state index contributed by atoms with van der Waals surface area (Å²) in [6, 6.07) is 8.73. The number of aryl methyl sites for hydroxylation is 1. The number of carbonyl (C=O) groups excluding carboxylic acids is 2. The minimum absolute atomic E-state index is 0.0198. The molecule has 4 rings (SSSR count). The smallest absolute Gasteiger partial charge is 0.416 e. The van der Waals surface area contributed by atoms with E-state index in [-0.39, 0.29) is 18.3 Å². The van der Waals surface area contributed by atoms with Crippen molar-refractivity contribution in [3.05, 3.63) is 59.2 Å². The molecule has 8 heteroatoms. The SMILES string of the molecule is CN1C(=O)CCc2ccc(NC(=O)C=C3CCCOc4cc(C(F)(F)F)ccc43)cc21. The van der Waals surface area contributed by atoms with Crippen LogP contribution in [-0.4, -0.2) is 25.5 Å². The van der Waals surface area contributed by atoms with Gasteiger partial charge in [-0.3, -0.25) is 9.59 Å². The van der Waals surface area contributed by atoms with E-state index >= 15 is 0 Å². The number of carbonyl (C=O) groups is 2. The number of ether oxygens (including phenoxy) is 1. The van der Waals surface area contributed by atoms with E-state index in [2.05, 4.69) is 5.32 Å². The van der Waals surface area contributed by atoms with Gasteiger partial charge in [0.25, 0.3) is 0 Å². The molecule has 31 heavy (non-hydrogen) atoms. The van der Waals surface area contributed by atoms with E-state index in [0.29, 0.717) is 42.5 Å². The van der Waals surface area contributed by atoms with Crippen LogP contribution in [0.15, 0.2) is 42.5 Å². The second kappa shape index (κ2) is 8.09. The Balaban J connectivity index is 1.58. The van der Waals surface area contributed by atoms with Crippen molar-refractivity contribution in [3.63, 3.8) is 0 Å². The van der Waals surface area contributed by atoms with Crippen molar-refractivity contribution in [1.82, 2.24) is 0 Å². The molecule has 2 aromatic carbocycles. The number of hydrogen-bond acceptors (Lipinski definition) is 3. The normalized spacial score (nSPS) is 17.5. The summed E-state index contributed by atoms with van der Waals surface area (Å²) in [6.45, 7) is 0.276. The predicted molar refractivity (Wildman–Crippen MR) is 111 cm³/mol. The molecule has 0 aliphatic carbocycles. The maximum Gasteiger partial charge on any atom is 0.416 e. The first-order valence-corrected chi connectivity index (χ1v) is 9.98. The van der Waals surface area contributed by atoms with Crippen LogP contribution in [0.2, 0.25) is 0 Å². The summed E-state index contributed by atoms with van der Waals surface area (Å²) in [7, 11) is 1.70. The Bertz CT molecular complexity index is 1080. The number of anilines is 2. The molecule has 2 amide bonds. The summed E-state index contributed by atoms with van der Waals surface area (Å²) in [6.07, 6.45) is -0.859. The first-order valence-electron chi connectivity index (χ1n) is 9.98. The standard InChI is InChI=1S/C23H21F3N2O3/c1-28-19-13-17(7-4-14(19)5-9-22(28)30)27-21(29)11-15-3-2-10-31-20-12-16(23(24,25)26)6-8-18(15)20/h4,6-8,11-13H,2-3,5,9-10H2,1H3,(H,27,29). The number of alkyl halides is 3. The molecule has 0 unspecified atom stereocenters. The molecule has 162 valence electrons. The number of amides is 2. The Hall–Kier alpha value is -3.29. The molecular weight excluding hydrogens is 409 g/mol. The summed E-state index contributed by atoms with van der Waals surface area (Å²) in [5.74, 6) is -0.251. The highest BCUT2D eigenvalue weighted by molar-refractivity contribution is 6.05. The number of allylic oxidation sites excluding steroid dienone is 1. The molecule has 0 bridgehead atoms. The molecule has 0 saturated carbocycles. The summed E-state index contributed by atoms with van der Waals surface area (Å²) < 4.78 is 44.6. The number of fused-ring (bicyclic) bond motifs is 2. The Morgan fingerprint density at radius 3 is 2.71 bits per heavy atom. The van der Waals surface area contributed by atoms with Crippen molar-refractivity contribution in [3.8, 4) is 5.75 Å². The molecule has 0 spiro atoms. The van der Waals surface area contributed by atoms with Gasteiger partial charge in [-0.25, -0.2) is 0 Å². The third kappa shape index (κ3) is 4.42. The van der Waals surface area contributed by atoms with Crippen LogP contribution in [0.1, 0.15) is 36.0 Å². The van der Waals surface area contributed by atoms with Crippen LogP contribution in [0, 0.1) is 0 Å². The van der Waals surface area contributed by atoms with Crippen molar-refractivity contribution in [2.24, 2.45) is 0 Å². The molecule has 0 aromatic heterocycles. The molecule has 2 aromatic rings. The number of nitrogens with one attached hydrogen (secondary N) is 1. The van der Waals surface area contributed by atoms with E-state index in [1.807, 2.05) is 6.07 Å². The molecule has 0 fully saturated rings. The minimum atomic E-state index is -4.47. The third-order valence-electron chi connectivity index (χ3n) is 5.50. The molecule has 2 heterocycles. The monoisotopic (exact) mass is 430 g/mol. The summed E-state index contributed by atoms with van der Waals surface area (Å²) >= 11 is 0. The Morgan fingerprint density at radius 2 is 1.94 bits per heavy atom. The van der Waals surface area contributed by atoms with Gasteiger partial charge in [-0.15, -0.1) is 0 Å². The van der Waals surface area contributed by atoms with Crippen LogP contribution in [-0.2, 0) is 22.2 Å². The largest absolute Gasteiger partial charge is 0.493 e. The number of benzene rings is 2. The summed E-state index contributed by atoms with van der Waals surface area (Å²) in [4.78, 5) is 26.2. The second-order valence-corrected chi connectivity index (χ2v) is 7.62. The lowest BCUT2D eigenvalue weighted by molar-refractivity contribution is -0.137. The quantitative estimate of drug-likeness (QED) is 0.696. The molecule has 2 aliphatic rings. The fourth-order valence-corrected chi connectivity index (χ4v) is 3.86. The fourth-order valence-electron chi connectivity index (χ4n) is 3.86. The van der Waals surface area contributed by atoms with E-state index in [1.54, 1.807) is 24.1 Å². The number of rotatable bonds is 2. The molecule has 2 aliphatic heterocycles. The summed E-state index contributed by atoms with van der Waals surface area (Å²) in [5, 5.41) is 2.79.